The van der Waals surface area contributed by atoms with Gasteiger partial charge >= 0.3 is 0 Å². The second kappa shape index (κ2) is 4.40. The Bertz CT molecular complexity index is 157. The van der Waals surface area contributed by atoms with Gasteiger partial charge in [0.05, 0.1) is 24.4 Å². The van der Waals surface area contributed by atoms with Crippen LogP contribution in [0.1, 0.15) is 27.7 Å². The van der Waals surface area contributed by atoms with Gasteiger partial charge in [-0.25, -0.2) is 0 Å². The lowest BCUT2D eigenvalue weighted by atomic mass is 10.1. The highest BCUT2D eigenvalue weighted by Crippen LogP contribution is 2.15. The standard InChI is InChI=1S/C10H21NO2/c1-8(2)12-6-9-5-11-7-10(3,4)13-9/h8-9,11H,5-7H2,1-4H3/t9-/m1/s1. The van der Waals surface area contributed by atoms with E-state index in [1.807, 2.05) is 13.8 Å². The Kier molecular flexibility index (Phi) is 3.71. The lowest BCUT2D eigenvalue weighted by molar-refractivity contribution is -0.126. The Hall–Kier alpha value is -0.120. The summed E-state index contributed by atoms with van der Waals surface area (Å²) in [6.07, 6.45) is 0.486. The SMILES string of the molecule is CC(C)OC[C@H]1CNCC(C)(C)O1. The van der Waals surface area contributed by atoms with Crippen LogP contribution in [0.25, 0.3) is 0 Å². The molecule has 0 spiro atoms. The second-order valence-corrected chi connectivity index (χ2v) is 4.51. The van der Waals surface area contributed by atoms with Crippen molar-refractivity contribution in [3.05, 3.63) is 0 Å². The minimum absolute atomic E-state index is 0.0523. The fourth-order valence-corrected chi connectivity index (χ4v) is 1.46. The molecule has 13 heavy (non-hydrogen) atoms. The number of nitrogens with one attached hydrogen (secondary N) is 1. The predicted octanol–water partition coefficient (Wildman–Crippen LogP) is 1.18. The molecule has 0 amide bonds. The van der Waals surface area contributed by atoms with Crippen molar-refractivity contribution in [1.29, 1.82) is 0 Å². The Balaban J connectivity index is 2.26. The maximum absolute atomic E-state index is 5.84. The van der Waals surface area contributed by atoms with E-state index in [2.05, 4.69) is 19.2 Å². The monoisotopic (exact) mass is 187 g/mol. The van der Waals surface area contributed by atoms with E-state index in [4.69, 9.17) is 9.47 Å². The van der Waals surface area contributed by atoms with Gasteiger partial charge in [-0.2, -0.15) is 0 Å². The van der Waals surface area contributed by atoms with Gasteiger partial charge in [-0.1, -0.05) is 0 Å². The zero-order chi connectivity index (χ0) is 9.90. The minimum atomic E-state index is -0.0523. The molecule has 0 unspecified atom stereocenters. The Morgan fingerprint density at radius 2 is 2.23 bits per heavy atom. The van der Waals surface area contributed by atoms with Gasteiger partial charge < -0.3 is 14.8 Å². The highest BCUT2D eigenvalue weighted by atomic mass is 16.6. The maximum Gasteiger partial charge on any atom is 0.0940 e. The molecule has 0 aromatic rings. The average Bonchev–Trinajstić information content (AvgIpc) is 1.99. The fraction of sp³-hybridized carbons (Fsp3) is 1.00. The fourth-order valence-electron chi connectivity index (χ4n) is 1.46. The molecule has 3 heteroatoms. The third-order valence-electron chi connectivity index (χ3n) is 2.02. The summed E-state index contributed by atoms with van der Waals surface area (Å²) in [6.45, 7) is 10.8. The van der Waals surface area contributed by atoms with Crippen molar-refractivity contribution in [3.63, 3.8) is 0 Å². The molecule has 0 aliphatic carbocycles. The van der Waals surface area contributed by atoms with Gasteiger partial charge in [-0.05, 0) is 27.7 Å². The number of hydrogen-bond donors (Lipinski definition) is 1. The summed E-state index contributed by atoms with van der Waals surface area (Å²) in [5.41, 5.74) is -0.0523. The van der Waals surface area contributed by atoms with E-state index in [9.17, 15) is 0 Å². The molecule has 1 atom stereocenters. The van der Waals surface area contributed by atoms with Gasteiger partial charge in [-0.3, -0.25) is 0 Å². The van der Waals surface area contributed by atoms with Gasteiger partial charge in [-0.15, -0.1) is 0 Å². The molecular weight excluding hydrogens is 166 g/mol. The van der Waals surface area contributed by atoms with E-state index in [1.165, 1.54) is 0 Å². The van der Waals surface area contributed by atoms with Crippen LogP contribution in [0.4, 0.5) is 0 Å². The van der Waals surface area contributed by atoms with E-state index in [0.717, 1.165) is 13.1 Å². The summed E-state index contributed by atoms with van der Waals surface area (Å²) in [5.74, 6) is 0. The zero-order valence-corrected chi connectivity index (χ0v) is 9.09. The summed E-state index contributed by atoms with van der Waals surface area (Å²) in [6, 6.07) is 0. The van der Waals surface area contributed by atoms with E-state index in [0.29, 0.717) is 6.61 Å². The highest BCUT2D eigenvalue weighted by molar-refractivity contribution is 4.81. The van der Waals surface area contributed by atoms with E-state index in [1.54, 1.807) is 0 Å². The number of ether oxygens (including phenoxy) is 2. The second-order valence-electron chi connectivity index (χ2n) is 4.51. The van der Waals surface area contributed by atoms with Crippen molar-refractivity contribution < 1.29 is 9.47 Å². The minimum Gasteiger partial charge on any atom is -0.376 e. The average molecular weight is 187 g/mol. The molecule has 0 saturated carbocycles. The zero-order valence-electron chi connectivity index (χ0n) is 9.09. The Morgan fingerprint density at radius 3 is 2.77 bits per heavy atom. The number of rotatable bonds is 3. The molecular formula is C10H21NO2. The van der Waals surface area contributed by atoms with Crippen LogP contribution in [-0.2, 0) is 9.47 Å². The number of hydrogen-bond acceptors (Lipinski definition) is 3. The van der Waals surface area contributed by atoms with E-state index < -0.39 is 0 Å². The van der Waals surface area contributed by atoms with Crippen molar-refractivity contribution in [1.82, 2.24) is 5.32 Å². The van der Waals surface area contributed by atoms with Gasteiger partial charge in [0, 0.05) is 13.1 Å². The first kappa shape index (κ1) is 11.0. The molecule has 1 aliphatic heterocycles. The van der Waals surface area contributed by atoms with Gasteiger partial charge in [0.25, 0.3) is 0 Å². The van der Waals surface area contributed by atoms with Crippen LogP contribution in [0.5, 0.6) is 0 Å². The normalized spacial score (nSPS) is 27.9. The first-order valence-electron chi connectivity index (χ1n) is 5.00. The van der Waals surface area contributed by atoms with Crippen LogP contribution in [-0.4, -0.2) is 37.5 Å². The molecule has 0 aromatic carbocycles. The molecule has 1 heterocycles. The molecule has 0 aromatic heterocycles. The van der Waals surface area contributed by atoms with Crippen LogP contribution < -0.4 is 5.32 Å². The topological polar surface area (TPSA) is 30.5 Å². The van der Waals surface area contributed by atoms with Crippen molar-refractivity contribution in [2.24, 2.45) is 0 Å². The molecule has 0 bridgehead atoms. The van der Waals surface area contributed by atoms with Crippen LogP contribution in [0.3, 0.4) is 0 Å². The summed E-state index contributed by atoms with van der Waals surface area (Å²) in [5, 5.41) is 3.34. The third-order valence-corrected chi connectivity index (χ3v) is 2.02. The summed E-state index contributed by atoms with van der Waals surface area (Å²) < 4.78 is 11.3. The first-order valence-corrected chi connectivity index (χ1v) is 5.00. The quantitative estimate of drug-likeness (QED) is 0.719. The van der Waals surface area contributed by atoms with Crippen molar-refractivity contribution in [2.45, 2.75) is 45.5 Å². The Morgan fingerprint density at radius 1 is 1.54 bits per heavy atom. The third kappa shape index (κ3) is 4.07. The smallest absolute Gasteiger partial charge is 0.0940 e. The van der Waals surface area contributed by atoms with Crippen molar-refractivity contribution in [3.8, 4) is 0 Å². The van der Waals surface area contributed by atoms with Crippen LogP contribution >= 0.6 is 0 Å². The van der Waals surface area contributed by atoms with Gasteiger partial charge in [0.15, 0.2) is 0 Å². The molecule has 0 radical (unpaired) electrons. The van der Waals surface area contributed by atoms with E-state index in [-0.39, 0.29) is 17.8 Å². The van der Waals surface area contributed by atoms with Crippen LogP contribution in [0.2, 0.25) is 0 Å². The van der Waals surface area contributed by atoms with Crippen LogP contribution in [0.15, 0.2) is 0 Å². The first-order chi connectivity index (χ1) is 5.99. The molecule has 1 N–H and O–H groups in total. The molecule has 3 nitrogen and oxygen atoms in total. The molecule has 1 rings (SSSR count). The number of morpholine rings is 1. The molecule has 1 saturated heterocycles. The van der Waals surface area contributed by atoms with E-state index >= 15 is 0 Å². The summed E-state index contributed by atoms with van der Waals surface area (Å²) >= 11 is 0. The van der Waals surface area contributed by atoms with Gasteiger partial charge in [0.1, 0.15) is 0 Å². The molecule has 1 aliphatic rings. The highest BCUT2D eigenvalue weighted by Gasteiger charge is 2.28. The predicted molar refractivity (Wildman–Crippen MR) is 52.9 cm³/mol. The maximum atomic E-state index is 5.84. The van der Waals surface area contributed by atoms with Crippen molar-refractivity contribution >= 4 is 0 Å². The lowest BCUT2D eigenvalue weighted by Crippen LogP contribution is -2.52. The van der Waals surface area contributed by atoms with Crippen molar-refractivity contribution in [2.75, 3.05) is 19.7 Å². The van der Waals surface area contributed by atoms with Crippen LogP contribution in [0, 0.1) is 0 Å². The molecule has 78 valence electrons. The Labute approximate surface area is 80.8 Å². The lowest BCUT2D eigenvalue weighted by Gasteiger charge is -2.36. The molecule has 1 fully saturated rings. The van der Waals surface area contributed by atoms with Gasteiger partial charge in [0.2, 0.25) is 0 Å². The largest absolute Gasteiger partial charge is 0.376 e. The summed E-state index contributed by atoms with van der Waals surface area (Å²) in [7, 11) is 0. The summed E-state index contributed by atoms with van der Waals surface area (Å²) in [4.78, 5) is 0.